The van der Waals surface area contributed by atoms with Crippen LogP contribution in [0.2, 0.25) is 0 Å². The van der Waals surface area contributed by atoms with Gasteiger partial charge in [0.15, 0.2) is 5.43 Å². The van der Waals surface area contributed by atoms with E-state index in [0.29, 0.717) is 34.6 Å². The molecule has 0 fully saturated rings. The summed E-state index contributed by atoms with van der Waals surface area (Å²) in [6.45, 7) is 6.26. The molecule has 0 amide bonds. The van der Waals surface area contributed by atoms with Gasteiger partial charge in [0, 0.05) is 22.6 Å². The summed E-state index contributed by atoms with van der Waals surface area (Å²) in [6.07, 6.45) is 0. The molecule has 0 aliphatic carbocycles. The normalized spacial score (nSPS) is 11.7. The van der Waals surface area contributed by atoms with Gasteiger partial charge in [-0.05, 0) is 53.9 Å². The van der Waals surface area contributed by atoms with Gasteiger partial charge in [0.25, 0.3) is 0 Å². The van der Waals surface area contributed by atoms with Crippen molar-refractivity contribution in [1.29, 1.82) is 0 Å². The van der Waals surface area contributed by atoms with Gasteiger partial charge in [-0.25, -0.2) is 4.98 Å². The smallest absolute Gasteiger partial charge is 0.197 e. The van der Waals surface area contributed by atoms with Crippen molar-refractivity contribution in [1.82, 2.24) is 4.98 Å². The van der Waals surface area contributed by atoms with Crippen LogP contribution in [0.25, 0.3) is 33.2 Å². The summed E-state index contributed by atoms with van der Waals surface area (Å²) >= 11 is 0. The lowest BCUT2D eigenvalue weighted by Crippen LogP contribution is -2.24. The van der Waals surface area contributed by atoms with E-state index in [1.54, 1.807) is 42.5 Å². The first-order chi connectivity index (χ1) is 16.3. The molecule has 2 heterocycles. The van der Waals surface area contributed by atoms with Crippen molar-refractivity contribution >= 4 is 21.9 Å². The van der Waals surface area contributed by atoms with Crippen LogP contribution in [0.4, 0.5) is 0 Å². The molecule has 5 aromatic rings. The maximum Gasteiger partial charge on any atom is 0.197 e. The van der Waals surface area contributed by atoms with Crippen molar-refractivity contribution in [3.05, 3.63) is 100 Å². The number of rotatable bonds is 4. The Morgan fingerprint density at radius 3 is 2.47 bits per heavy atom. The molecule has 0 radical (unpaired) electrons. The van der Waals surface area contributed by atoms with E-state index in [-0.39, 0.29) is 11.2 Å². The van der Waals surface area contributed by atoms with Gasteiger partial charge >= 0.3 is 0 Å². The summed E-state index contributed by atoms with van der Waals surface area (Å²) in [4.78, 5) is 18.1. The van der Waals surface area contributed by atoms with Crippen molar-refractivity contribution in [2.45, 2.75) is 32.8 Å². The minimum atomic E-state index is -0.432. The second-order valence-electron chi connectivity index (χ2n) is 9.37. The van der Waals surface area contributed by atoms with Gasteiger partial charge in [-0.15, -0.1) is 0 Å². The van der Waals surface area contributed by atoms with Crippen LogP contribution < -0.4 is 10.2 Å². The Morgan fingerprint density at radius 1 is 0.941 bits per heavy atom. The number of pyridine rings is 1. The van der Waals surface area contributed by atoms with Gasteiger partial charge in [-0.1, -0.05) is 45.0 Å². The predicted molar refractivity (Wildman–Crippen MR) is 134 cm³/mol. The molecule has 0 saturated carbocycles. The largest absolute Gasteiger partial charge is 0.508 e. The summed E-state index contributed by atoms with van der Waals surface area (Å²) in [6, 6.07) is 23.9. The molecule has 0 aliphatic rings. The number of aromatic hydroxyl groups is 1. The Labute approximate surface area is 197 Å². The summed E-state index contributed by atoms with van der Waals surface area (Å²) in [5.41, 5.74) is 3.01. The highest BCUT2D eigenvalue weighted by molar-refractivity contribution is 5.82. The van der Waals surface area contributed by atoms with Crippen LogP contribution in [0, 0.1) is 0 Å². The van der Waals surface area contributed by atoms with Crippen molar-refractivity contribution in [2.75, 3.05) is 0 Å². The Morgan fingerprint density at radius 2 is 1.71 bits per heavy atom. The highest BCUT2D eigenvalue weighted by atomic mass is 16.5. The van der Waals surface area contributed by atoms with Crippen LogP contribution in [0.15, 0.2) is 88.1 Å². The standard InChI is InChI=1S/C29H25NO4/c1-29(2,3)26-27(32)23-15-14-22(16-25(23)34-28(26)19-9-12-21(31)13-10-19)33-17-20-11-8-18-6-4-5-7-24(18)30-20/h4-16,31H,17H2,1-3H3. The number of nitrogens with zero attached hydrogens (tertiary/aromatic N) is 1. The van der Waals surface area contributed by atoms with E-state index in [1.165, 1.54) is 0 Å². The fourth-order valence-corrected chi connectivity index (χ4v) is 4.11. The fourth-order valence-electron chi connectivity index (χ4n) is 4.11. The van der Waals surface area contributed by atoms with E-state index in [0.717, 1.165) is 22.2 Å². The van der Waals surface area contributed by atoms with E-state index >= 15 is 0 Å². The summed E-state index contributed by atoms with van der Waals surface area (Å²) in [5, 5.41) is 11.3. The third-order valence-electron chi connectivity index (χ3n) is 5.79. The Bertz CT molecular complexity index is 1560. The SMILES string of the molecule is CC(C)(C)c1c(-c2ccc(O)cc2)oc2cc(OCc3ccc4ccccc4n3)ccc2c1=O. The minimum absolute atomic E-state index is 0.0698. The molecule has 170 valence electrons. The van der Waals surface area contributed by atoms with E-state index in [9.17, 15) is 9.90 Å². The Hall–Kier alpha value is -4.12. The van der Waals surface area contributed by atoms with E-state index in [2.05, 4.69) is 4.98 Å². The molecular formula is C29H25NO4. The molecule has 5 rings (SSSR count). The van der Waals surface area contributed by atoms with Crippen LogP contribution in [-0.4, -0.2) is 10.1 Å². The molecule has 0 saturated heterocycles. The van der Waals surface area contributed by atoms with Crippen molar-refractivity contribution in [3.8, 4) is 22.8 Å². The molecule has 0 spiro atoms. The number of benzene rings is 3. The zero-order chi connectivity index (χ0) is 23.9. The number of aromatic nitrogens is 1. The van der Waals surface area contributed by atoms with Crippen molar-refractivity contribution < 1.29 is 14.3 Å². The van der Waals surface area contributed by atoms with Gasteiger partial charge in [-0.3, -0.25) is 4.79 Å². The molecule has 5 heteroatoms. The van der Waals surface area contributed by atoms with Gasteiger partial charge < -0.3 is 14.3 Å². The minimum Gasteiger partial charge on any atom is -0.508 e. The first kappa shape index (κ1) is 21.7. The number of hydrogen-bond acceptors (Lipinski definition) is 5. The highest BCUT2D eigenvalue weighted by Crippen LogP contribution is 2.34. The molecule has 1 N–H and O–H groups in total. The maximum absolute atomic E-state index is 13.5. The van der Waals surface area contributed by atoms with Crippen LogP contribution in [0.3, 0.4) is 0 Å². The number of fused-ring (bicyclic) bond motifs is 2. The molecule has 34 heavy (non-hydrogen) atoms. The monoisotopic (exact) mass is 451 g/mol. The molecule has 3 aromatic carbocycles. The van der Waals surface area contributed by atoms with Crippen LogP contribution in [0.5, 0.6) is 11.5 Å². The summed E-state index contributed by atoms with van der Waals surface area (Å²) in [7, 11) is 0. The summed E-state index contributed by atoms with van der Waals surface area (Å²) in [5.74, 6) is 1.24. The Balaban J connectivity index is 1.54. The number of hydrogen-bond donors (Lipinski definition) is 1. The lowest BCUT2D eigenvalue weighted by Gasteiger charge is -2.22. The average Bonchev–Trinajstić information content (AvgIpc) is 2.82. The number of para-hydroxylation sites is 1. The first-order valence-electron chi connectivity index (χ1n) is 11.2. The van der Waals surface area contributed by atoms with Crippen LogP contribution >= 0.6 is 0 Å². The second-order valence-corrected chi connectivity index (χ2v) is 9.37. The van der Waals surface area contributed by atoms with Crippen LogP contribution in [-0.2, 0) is 12.0 Å². The van der Waals surface area contributed by atoms with Gasteiger partial charge in [0.1, 0.15) is 29.4 Å². The maximum atomic E-state index is 13.5. The van der Waals surface area contributed by atoms with Gasteiger partial charge in [0.2, 0.25) is 0 Å². The number of phenolic OH excluding ortho intramolecular Hbond substituents is 1. The van der Waals surface area contributed by atoms with Gasteiger partial charge in [0.05, 0.1) is 16.6 Å². The molecule has 2 aromatic heterocycles. The third-order valence-corrected chi connectivity index (χ3v) is 5.79. The average molecular weight is 452 g/mol. The highest BCUT2D eigenvalue weighted by Gasteiger charge is 2.26. The van der Waals surface area contributed by atoms with Crippen molar-refractivity contribution in [2.24, 2.45) is 0 Å². The number of phenols is 1. The van der Waals surface area contributed by atoms with E-state index in [4.69, 9.17) is 9.15 Å². The molecule has 5 nitrogen and oxygen atoms in total. The molecule has 0 aliphatic heterocycles. The quantitative estimate of drug-likeness (QED) is 0.334. The molecule has 0 atom stereocenters. The Kier molecular flexibility index (Phi) is 5.33. The number of ether oxygens (including phenoxy) is 1. The predicted octanol–water partition coefficient (Wildman–Crippen LogP) is 6.59. The zero-order valence-electron chi connectivity index (χ0n) is 19.3. The van der Waals surface area contributed by atoms with E-state index < -0.39 is 5.41 Å². The van der Waals surface area contributed by atoms with Crippen molar-refractivity contribution in [3.63, 3.8) is 0 Å². The molecule has 0 unspecified atom stereocenters. The van der Waals surface area contributed by atoms with Gasteiger partial charge in [-0.2, -0.15) is 0 Å². The van der Waals surface area contributed by atoms with Crippen LogP contribution in [0.1, 0.15) is 32.0 Å². The lowest BCUT2D eigenvalue weighted by molar-refractivity contribution is 0.302. The zero-order valence-corrected chi connectivity index (χ0v) is 19.3. The lowest BCUT2D eigenvalue weighted by atomic mass is 9.84. The fraction of sp³-hybridized carbons (Fsp3) is 0.172. The second kappa shape index (κ2) is 8.34. The molecule has 0 bridgehead atoms. The van der Waals surface area contributed by atoms with E-state index in [1.807, 2.05) is 57.2 Å². The summed E-state index contributed by atoms with van der Waals surface area (Å²) < 4.78 is 12.3. The molecular weight excluding hydrogens is 426 g/mol. The first-order valence-corrected chi connectivity index (χ1v) is 11.2. The topological polar surface area (TPSA) is 72.6 Å². The third kappa shape index (κ3) is 4.13.